The molecule has 0 aliphatic heterocycles. The molecule has 0 amide bonds. The van der Waals surface area contributed by atoms with Crippen LogP contribution < -0.4 is 0 Å². The van der Waals surface area contributed by atoms with E-state index in [0.717, 1.165) is 22.5 Å². The molecule has 4 nitrogen and oxygen atoms in total. The first-order valence-corrected chi connectivity index (χ1v) is 5.84. The van der Waals surface area contributed by atoms with Crippen LogP contribution in [-0.2, 0) is 11.8 Å². The Balaban J connectivity index is 2.61. The molecular weight excluding hydrogens is 247 g/mol. The van der Waals surface area contributed by atoms with Gasteiger partial charge < -0.3 is 4.74 Å². The Kier molecular flexibility index (Phi) is 3.38. The second kappa shape index (κ2) is 4.84. The lowest BCUT2D eigenvalue weighted by atomic mass is 10.0. The molecule has 0 saturated carbocycles. The van der Waals surface area contributed by atoms with Crippen LogP contribution in [0.1, 0.15) is 21.7 Å². The Bertz CT molecular complexity index is 647. The Morgan fingerprint density at radius 2 is 2.05 bits per heavy atom. The summed E-state index contributed by atoms with van der Waals surface area (Å²) in [5.41, 5.74) is 3.39. The number of ether oxygens (including phenoxy) is 1. The molecule has 0 unspecified atom stereocenters. The fourth-order valence-corrected chi connectivity index (χ4v) is 2.14. The SMILES string of the molecule is COC(=O)c1cc(-c2c(C)nn(C)c2C)ccc1F. The molecule has 1 heterocycles. The van der Waals surface area contributed by atoms with Gasteiger partial charge in [-0.15, -0.1) is 0 Å². The van der Waals surface area contributed by atoms with Crippen LogP contribution in [0.3, 0.4) is 0 Å². The second-order valence-corrected chi connectivity index (χ2v) is 4.36. The molecule has 5 heteroatoms. The summed E-state index contributed by atoms with van der Waals surface area (Å²) in [5.74, 6) is -1.27. The van der Waals surface area contributed by atoms with E-state index in [-0.39, 0.29) is 5.56 Å². The monoisotopic (exact) mass is 262 g/mol. The van der Waals surface area contributed by atoms with Crippen molar-refractivity contribution in [2.24, 2.45) is 7.05 Å². The molecule has 0 bridgehead atoms. The largest absolute Gasteiger partial charge is 0.465 e. The van der Waals surface area contributed by atoms with Crippen molar-refractivity contribution in [3.05, 3.63) is 41.0 Å². The molecule has 1 aromatic carbocycles. The van der Waals surface area contributed by atoms with Crippen LogP contribution in [0.5, 0.6) is 0 Å². The number of benzene rings is 1. The van der Waals surface area contributed by atoms with Crippen LogP contribution in [0.15, 0.2) is 18.2 Å². The van der Waals surface area contributed by atoms with Crippen molar-refractivity contribution in [2.45, 2.75) is 13.8 Å². The average Bonchev–Trinajstić information content (AvgIpc) is 2.63. The summed E-state index contributed by atoms with van der Waals surface area (Å²) < 4.78 is 19.9. The van der Waals surface area contributed by atoms with E-state index >= 15 is 0 Å². The van der Waals surface area contributed by atoms with Crippen molar-refractivity contribution in [2.75, 3.05) is 7.11 Å². The fourth-order valence-electron chi connectivity index (χ4n) is 2.14. The third-order valence-electron chi connectivity index (χ3n) is 3.17. The summed E-state index contributed by atoms with van der Waals surface area (Å²) in [6.07, 6.45) is 0. The van der Waals surface area contributed by atoms with E-state index < -0.39 is 11.8 Å². The molecule has 0 fully saturated rings. The van der Waals surface area contributed by atoms with E-state index in [9.17, 15) is 9.18 Å². The number of carbonyl (C=O) groups excluding carboxylic acids is 1. The van der Waals surface area contributed by atoms with Crippen molar-refractivity contribution >= 4 is 5.97 Å². The molecule has 19 heavy (non-hydrogen) atoms. The summed E-state index contributed by atoms with van der Waals surface area (Å²) in [5, 5.41) is 4.31. The summed E-state index contributed by atoms with van der Waals surface area (Å²) in [6, 6.07) is 4.41. The molecule has 0 radical (unpaired) electrons. The van der Waals surface area contributed by atoms with Crippen molar-refractivity contribution in [3.8, 4) is 11.1 Å². The minimum Gasteiger partial charge on any atom is -0.465 e. The zero-order valence-electron chi connectivity index (χ0n) is 11.3. The van der Waals surface area contributed by atoms with Gasteiger partial charge in [-0.25, -0.2) is 9.18 Å². The Morgan fingerprint density at radius 1 is 1.37 bits per heavy atom. The Morgan fingerprint density at radius 3 is 2.58 bits per heavy atom. The van der Waals surface area contributed by atoms with Gasteiger partial charge in [-0.1, -0.05) is 6.07 Å². The third kappa shape index (κ3) is 2.23. The first kappa shape index (κ1) is 13.3. The highest BCUT2D eigenvalue weighted by Gasteiger charge is 2.17. The van der Waals surface area contributed by atoms with Gasteiger partial charge in [0.2, 0.25) is 0 Å². The van der Waals surface area contributed by atoms with Crippen LogP contribution in [0.25, 0.3) is 11.1 Å². The molecule has 2 aromatic rings. The van der Waals surface area contributed by atoms with Crippen molar-refractivity contribution in [1.29, 1.82) is 0 Å². The smallest absolute Gasteiger partial charge is 0.340 e. The van der Waals surface area contributed by atoms with E-state index in [4.69, 9.17) is 0 Å². The molecule has 0 N–H and O–H groups in total. The van der Waals surface area contributed by atoms with Crippen molar-refractivity contribution in [3.63, 3.8) is 0 Å². The van der Waals surface area contributed by atoms with Crippen LogP contribution in [0.2, 0.25) is 0 Å². The van der Waals surface area contributed by atoms with Crippen molar-refractivity contribution in [1.82, 2.24) is 9.78 Å². The summed E-state index contributed by atoms with van der Waals surface area (Å²) in [4.78, 5) is 11.5. The zero-order valence-corrected chi connectivity index (χ0v) is 11.3. The molecular formula is C14H15FN2O2. The number of hydrogen-bond acceptors (Lipinski definition) is 3. The highest BCUT2D eigenvalue weighted by Crippen LogP contribution is 2.28. The maximum atomic E-state index is 13.6. The molecule has 100 valence electrons. The van der Waals surface area contributed by atoms with Crippen LogP contribution >= 0.6 is 0 Å². The standard InChI is InChI=1S/C14H15FN2O2/c1-8-13(9(2)17(3)16-8)10-5-6-12(15)11(7-10)14(18)19-4/h5-7H,1-4H3. The molecule has 0 spiro atoms. The maximum absolute atomic E-state index is 13.6. The summed E-state index contributed by atoms with van der Waals surface area (Å²) in [7, 11) is 3.07. The van der Waals surface area contributed by atoms with E-state index in [1.807, 2.05) is 20.9 Å². The highest BCUT2D eigenvalue weighted by molar-refractivity contribution is 5.91. The zero-order chi connectivity index (χ0) is 14.2. The van der Waals surface area contributed by atoms with Gasteiger partial charge in [-0.05, 0) is 31.5 Å². The number of aryl methyl sites for hydroxylation is 2. The predicted molar refractivity (Wildman–Crippen MR) is 69.4 cm³/mol. The fraction of sp³-hybridized carbons (Fsp3) is 0.286. The minimum atomic E-state index is -0.682. The van der Waals surface area contributed by atoms with Crippen LogP contribution in [0.4, 0.5) is 4.39 Å². The number of nitrogens with zero attached hydrogens (tertiary/aromatic N) is 2. The van der Waals surface area contributed by atoms with Gasteiger partial charge in [0.25, 0.3) is 0 Å². The minimum absolute atomic E-state index is 0.0670. The van der Waals surface area contributed by atoms with E-state index in [1.54, 1.807) is 10.7 Å². The van der Waals surface area contributed by atoms with E-state index in [1.165, 1.54) is 19.2 Å². The maximum Gasteiger partial charge on any atom is 0.340 e. The topological polar surface area (TPSA) is 44.1 Å². The highest BCUT2D eigenvalue weighted by atomic mass is 19.1. The van der Waals surface area contributed by atoms with Gasteiger partial charge in [-0.2, -0.15) is 5.10 Å². The number of hydrogen-bond donors (Lipinski definition) is 0. The molecule has 0 aliphatic carbocycles. The molecule has 0 saturated heterocycles. The molecule has 1 aromatic heterocycles. The quantitative estimate of drug-likeness (QED) is 0.781. The van der Waals surface area contributed by atoms with Gasteiger partial charge in [0.05, 0.1) is 18.4 Å². The first-order valence-electron chi connectivity index (χ1n) is 5.84. The van der Waals surface area contributed by atoms with Crippen LogP contribution in [-0.4, -0.2) is 22.9 Å². The molecule has 0 atom stereocenters. The summed E-state index contributed by atoms with van der Waals surface area (Å²) in [6.45, 7) is 3.81. The number of halogens is 1. The van der Waals surface area contributed by atoms with E-state index in [0.29, 0.717) is 0 Å². The van der Waals surface area contributed by atoms with Gasteiger partial charge in [-0.3, -0.25) is 4.68 Å². The summed E-state index contributed by atoms with van der Waals surface area (Å²) >= 11 is 0. The molecule has 2 rings (SSSR count). The average molecular weight is 262 g/mol. The number of esters is 1. The lowest BCUT2D eigenvalue weighted by Crippen LogP contribution is -2.04. The van der Waals surface area contributed by atoms with Crippen molar-refractivity contribution < 1.29 is 13.9 Å². The number of methoxy groups -OCH3 is 1. The van der Waals surface area contributed by atoms with Crippen LogP contribution in [0, 0.1) is 19.7 Å². The first-order chi connectivity index (χ1) is 8.95. The van der Waals surface area contributed by atoms with Gasteiger partial charge >= 0.3 is 5.97 Å². The lowest BCUT2D eigenvalue weighted by molar-refractivity contribution is 0.0595. The number of aromatic nitrogens is 2. The number of rotatable bonds is 2. The van der Waals surface area contributed by atoms with Gasteiger partial charge in [0, 0.05) is 18.3 Å². The van der Waals surface area contributed by atoms with E-state index in [2.05, 4.69) is 9.84 Å². The number of carbonyl (C=O) groups is 1. The lowest BCUT2D eigenvalue weighted by Gasteiger charge is -2.06. The Labute approximate surface area is 110 Å². The van der Waals surface area contributed by atoms with Gasteiger partial charge in [0.1, 0.15) is 5.82 Å². The van der Waals surface area contributed by atoms with Gasteiger partial charge in [0.15, 0.2) is 0 Å². The Hall–Kier alpha value is -2.17. The normalized spacial score (nSPS) is 10.6. The third-order valence-corrected chi connectivity index (χ3v) is 3.17. The predicted octanol–water partition coefficient (Wildman–Crippen LogP) is 2.63. The second-order valence-electron chi connectivity index (χ2n) is 4.36. The molecule has 0 aliphatic rings.